The van der Waals surface area contributed by atoms with Crippen LogP contribution in [0.15, 0.2) is 57.7 Å². The topological polar surface area (TPSA) is 96.5 Å². The van der Waals surface area contributed by atoms with Crippen LogP contribution in [0.5, 0.6) is 0 Å². The van der Waals surface area contributed by atoms with E-state index >= 15 is 0 Å². The molecule has 0 saturated heterocycles. The molecule has 0 amide bonds. The lowest BCUT2D eigenvalue weighted by Gasteiger charge is -2.09. The van der Waals surface area contributed by atoms with Crippen LogP contribution in [-0.2, 0) is 5.75 Å². The average molecular weight is 447 g/mol. The Kier molecular flexibility index (Phi) is 5.13. The molecule has 2 N–H and O–H groups in total. The van der Waals surface area contributed by atoms with Crippen molar-refractivity contribution in [1.82, 2.24) is 24.9 Å². The van der Waals surface area contributed by atoms with Crippen LogP contribution in [0.25, 0.3) is 21.1 Å². The normalized spacial score (nSPS) is 11.3. The van der Waals surface area contributed by atoms with E-state index in [4.69, 9.17) is 0 Å². The van der Waals surface area contributed by atoms with Gasteiger partial charge in [0.25, 0.3) is 5.56 Å². The zero-order valence-electron chi connectivity index (χ0n) is 16.8. The van der Waals surface area contributed by atoms with E-state index in [9.17, 15) is 4.79 Å². The van der Waals surface area contributed by atoms with Crippen LogP contribution in [0.1, 0.15) is 17.0 Å². The Hall–Kier alpha value is -3.30. The van der Waals surface area contributed by atoms with Gasteiger partial charge in [-0.15, -0.1) is 11.3 Å². The van der Waals surface area contributed by atoms with Crippen molar-refractivity contribution >= 4 is 56.1 Å². The molecule has 0 saturated carbocycles. The number of para-hydroxylation sites is 2. The molecule has 3 aromatic heterocycles. The molecule has 0 fully saturated rings. The highest BCUT2D eigenvalue weighted by atomic mass is 32.2. The summed E-state index contributed by atoms with van der Waals surface area (Å²) < 4.78 is 2.09. The highest BCUT2D eigenvalue weighted by molar-refractivity contribution is 8.00. The van der Waals surface area contributed by atoms with Gasteiger partial charge in [0.1, 0.15) is 0 Å². The summed E-state index contributed by atoms with van der Waals surface area (Å²) in [6, 6.07) is 15.5. The molecule has 7 nitrogen and oxygen atoms in total. The van der Waals surface area contributed by atoms with Crippen LogP contribution in [0, 0.1) is 13.8 Å². The number of H-pyrrole nitrogens is 1. The third-order valence-electron chi connectivity index (χ3n) is 4.76. The number of aromatic nitrogens is 5. The third kappa shape index (κ3) is 4.14. The fraction of sp³-hybridized carbons (Fsp3) is 0.136. The SMILES string of the molecule is Cc1nc(Nc2nc(CSc3nc4ccccc4s3)cc(=O)[nH]2)nc2c(C)cccc12. The number of anilines is 2. The first-order valence-electron chi connectivity index (χ1n) is 9.65. The molecule has 0 radical (unpaired) electrons. The number of nitrogens with zero attached hydrogens (tertiary/aromatic N) is 4. The Morgan fingerprint density at radius 1 is 1.03 bits per heavy atom. The molecule has 154 valence electrons. The van der Waals surface area contributed by atoms with Gasteiger partial charge in [-0.05, 0) is 31.5 Å². The second-order valence-corrected chi connectivity index (χ2v) is 9.30. The summed E-state index contributed by atoms with van der Waals surface area (Å²) in [5.74, 6) is 1.26. The summed E-state index contributed by atoms with van der Waals surface area (Å²) in [6.07, 6.45) is 0. The first kappa shape index (κ1) is 19.7. The quantitative estimate of drug-likeness (QED) is 0.368. The summed E-state index contributed by atoms with van der Waals surface area (Å²) in [5.41, 5.74) is 4.21. The maximum absolute atomic E-state index is 12.2. The lowest BCUT2D eigenvalue weighted by atomic mass is 10.1. The Bertz CT molecular complexity index is 1440. The van der Waals surface area contributed by atoms with Crippen molar-refractivity contribution in [1.29, 1.82) is 0 Å². The van der Waals surface area contributed by atoms with Gasteiger partial charge in [-0.25, -0.2) is 19.9 Å². The number of rotatable bonds is 5. The van der Waals surface area contributed by atoms with Gasteiger partial charge in [0.2, 0.25) is 11.9 Å². The van der Waals surface area contributed by atoms with E-state index in [1.807, 2.05) is 50.2 Å². The van der Waals surface area contributed by atoms with Crippen molar-refractivity contribution in [2.75, 3.05) is 5.32 Å². The van der Waals surface area contributed by atoms with Gasteiger partial charge in [-0.3, -0.25) is 15.1 Å². The Morgan fingerprint density at radius 3 is 2.77 bits per heavy atom. The summed E-state index contributed by atoms with van der Waals surface area (Å²) in [4.78, 5) is 33.2. The highest BCUT2D eigenvalue weighted by Crippen LogP contribution is 2.31. The monoisotopic (exact) mass is 446 g/mol. The number of benzene rings is 2. The fourth-order valence-electron chi connectivity index (χ4n) is 3.30. The van der Waals surface area contributed by atoms with Gasteiger partial charge in [0.15, 0.2) is 4.34 Å². The predicted octanol–water partition coefficient (Wildman–Crippen LogP) is 4.98. The van der Waals surface area contributed by atoms with E-state index in [0.717, 1.165) is 36.7 Å². The van der Waals surface area contributed by atoms with Gasteiger partial charge in [-0.2, -0.15) is 0 Å². The Balaban J connectivity index is 1.39. The van der Waals surface area contributed by atoms with Gasteiger partial charge < -0.3 is 0 Å². The molecular formula is C22H18N6OS2. The van der Waals surface area contributed by atoms with Crippen molar-refractivity contribution in [3.63, 3.8) is 0 Å². The van der Waals surface area contributed by atoms with Gasteiger partial charge in [0, 0.05) is 17.2 Å². The second-order valence-electron chi connectivity index (χ2n) is 7.05. The second kappa shape index (κ2) is 8.09. The fourth-order valence-corrected chi connectivity index (χ4v) is 5.26. The van der Waals surface area contributed by atoms with E-state index < -0.39 is 0 Å². The number of hydrogen-bond donors (Lipinski definition) is 2. The number of thioether (sulfide) groups is 1. The molecule has 0 unspecified atom stereocenters. The van der Waals surface area contributed by atoms with Crippen LogP contribution in [0.2, 0.25) is 0 Å². The van der Waals surface area contributed by atoms with Crippen LogP contribution >= 0.6 is 23.1 Å². The summed E-state index contributed by atoms with van der Waals surface area (Å²) >= 11 is 3.20. The average Bonchev–Trinajstić information content (AvgIpc) is 3.16. The molecule has 5 rings (SSSR count). The molecule has 9 heteroatoms. The largest absolute Gasteiger partial charge is 0.294 e. The maximum atomic E-state index is 12.2. The van der Waals surface area contributed by atoms with Crippen molar-refractivity contribution < 1.29 is 0 Å². The number of aryl methyl sites for hydroxylation is 2. The zero-order chi connectivity index (χ0) is 21.4. The number of hydrogen-bond acceptors (Lipinski definition) is 8. The van der Waals surface area contributed by atoms with Crippen molar-refractivity contribution in [3.05, 3.63) is 75.8 Å². The molecule has 31 heavy (non-hydrogen) atoms. The smallest absolute Gasteiger partial charge is 0.252 e. The minimum absolute atomic E-state index is 0.230. The Morgan fingerprint density at radius 2 is 1.90 bits per heavy atom. The molecule has 0 atom stereocenters. The van der Waals surface area contributed by atoms with E-state index in [1.165, 1.54) is 6.07 Å². The molecule has 0 bridgehead atoms. The van der Waals surface area contributed by atoms with Crippen LogP contribution < -0.4 is 10.9 Å². The number of thiazole rings is 1. The van der Waals surface area contributed by atoms with Crippen LogP contribution in [-0.4, -0.2) is 24.9 Å². The first-order chi connectivity index (χ1) is 15.0. The van der Waals surface area contributed by atoms with E-state index in [0.29, 0.717) is 23.3 Å². The predicted molar refractivity (Wildman–Crippen MR) is 126 cm³/mol. The number of aromatic amines is 1. The van der Waals surface area contributed by atoms with E-state index in [1.54, 1.807) is 23.1 Å². The van der Waals surface area contributed by atoms with Gasteiger partial charge >= 0.3 is 0 Å². The van der Waals surface area contributed by atoms with E-state index in [2.05, 4.69) is 36.3 Å². The zero-order valence-corrected chi connectivity index (χ0v) is 18.5. The van der Waals surface area contributed by atoms with Crippen LogP contribution in [0.4, 0.5) is 11.9 Å². The molecule has 3 heterocycles. The molecule has 0 spiro atoms. The highest BCUT2D eigenvalue weighted by Gasteiger charge is 2.10. The summed E-state index contributed by atoms with van der Waals surface area (Å²) in [5, 5.41) is 4.06. The molecule has 5 aromatic rings. The molecule has 2 aromatic carbocycles. The lowest BCUT2D eigenvalue weighted by molar-refractivity contribution is 1.04. The number of nitrogens with one attached hydrogen (secondary N) is 2. The molecule has 0 aliphatic rings. The van der Waals surface area contributed by atoms with Gasteiger partial charge in [-0.1, -0.05) is 42.1 Å². The number of fused-ring (bicyclic) bond motifs is 2. The minimum Gasteiger partial charge on any atom is -0.294 e. The summed E-state index contributed by atoms with van der Waals surface area (Å²) in [6.45, 7) is 3.95. The molecule has 0 aliphatic carbocycles. The summed E-state index contributed by atoms with van der Waals surface area (Å²) in [7, 11) is 0. The standard InChI is InChI=1S/C22H18N6OS2/c1-12-6-5-7-15-13(2)23-20(27-19(12)15)28-21-24-14(10-18(29)26-21)11-30-22-25-16-8-3-4-9-17(16)31-22/h3-10H,11H2,1-2H3,(H2,23,24,26,27,28,29). The maximum Gasteiger partial charge on any atom is 0.252 e. The van der Waals surface area contributed by atoms with Gasteiger partial charge in [0.05, 0.1) is 27.1 Å². The van der Waals surface area contributed by atoms with Crippen molar-refractivity contribution in [3.8, 4) is 0 Å². The lowest BCUT2D eigenvalue weighted by Crippen LogP contribution is -2.13. The Labute approximate surface area is 186 Å². The first-order valence-corrected chi connectivity index (χ1v) is 11.4. The minimum atomic E-state index is -0.230. The van der Waals surface area contributed by atoms with Crippen molar-refractivity contribution in [2.45, 2.75) is 23.9 Å². The van der Waals surface area contributed by atoms with Crippen molar-refractivity contribution in [2.24, 2.45) is 0 Å². The molecular weight excluding hydrogens is 428 g/mol. The third-order valence-corrected chi connectivity index (χ3v) is 6.97. The van der Waals surface area contributed by atoms with Crippen LogP contribution in [0.3, 0.4) is 0 Å². The molecule has 0 aliphatic heterocycles. The van der Waals surface area contributed by atoms with E-state index in [-0.39, 0.29) is 5.56 Å².